The summed E-state index contributed by atoms with van der Waals surface area (Å²) >= 11 is 0. The minimum Gasteiger partial charge on any atom is -0.481 e. The maximum absolute atomic E-state index is 10.0. The van der Waals surface area contributed by atoms with Crippen LogP contribution < -0.4 is 0 Å². The van der Waals surface area contributed by atoms with Crippen molar-refractivity contribution in [2.45, 2.75) is 6.42 Å². The van der Waals surface area contributed by atoms with Gasteiger partial charge in [0.25, 0.3) is 0 Å². The summed E-state index contributed by atoms with van der Waals surface area (Å²) in [6, 6.07) is 0. The van der Waals surface area contributed by atoms with Gasteiger partial charge in [-0.3, -0.25) is 4.79 Å². The van der Waals surface area contributed by atoms with Gasteiger partial charge in [-0.05, 0) is 17.9 Å². The van der Waals surface area contributed by atoms with Crippen molar-refractivity contribution in [3.05, 3.63) is 30.5 Å². The molecule has 0 radical (unpaired) electrons. The van der Waals surface area contributed by atoms with E-state index in [1.807, 2.05) is 0 Å². The Labute approximate surface area is 77.3 Å². The van der Waals surface area contributed by atoms with Crippen LogP contribution in [0.1, 0.15) is 6.42 Å². The second kappa shape index (κ2) is 7.95. The Hall–Kier alpha value is -2.15. The topological polar surface area (TPSA) is 37.3 Å². The van der Waals surface area contributed by atoms with Crippen LogP contribution in [0.2, 0.25) is 0 Å². The van der Waals surface area contributed by atoms with Crippen molar-refractivity contribution in [3.63, 3.8) is 0 Å². The van der Waals surface area contributed by atoms with Crippen molar-refractivity contribution in [3.8, 4) is 23.7 Å². The first kappa shape index (κ1) is 10.9. The van der Waals surface area contributed by atoms with Crippen LogP contribution in [-0.2, 0) is 4.79 Å². The number of hydrogen-bond acceptors (Lipinski definition) is 1. The fourth-order valence-electron chi connectivity index (χ4n) is 0.420. The fourth-order valence-corrected chi connectivity index (χ4v) is 0.420. The number of aliphatic carboxylic acids is 1. The van der Waals surface area contributed by atoms with Crippen molar-refractivity contribution in [2.24, 2.45) is 0 Å². The van der Waals surface area contributed by atoms with Crippen LogP contribution >= 0.6 is 0 Å². The molecule has 64 valence electrons. The Bertz CT molecular complexity index is 360. The van der Waals surface area contributed by atoms with Crippen LogP contribution in [0.4, 0.5) is 0 Å². The van der Waals surface area contributed by atoms with Crippen molar-refractivity contribution in [1.29, 1.82) is 0 Å². The lowest BCUT2D eigenvalue weighted by Gasteiger charge is -1.77. The molecule has 13 heavy (non-hydrogen) atoms. The van der Waals surface area contributed by atoms with Crippen LogP contribution in [0.5, 0.6) is 0 Å². The molecule has 2 heteroatoms. The monoisotopic (exact) mass is 172 g/mol. The van der Waals surface area contributed by atoms with E-state index in [1.165, 1.54) is 18.2 Å². The van der Waals surface area contributed by atoms with E-state index in [4.69, 9.17) is 5.11 Å². The maximum atomic E-state index is 10.0. The highest BCUT2D eigenvalue weighted by Crippen LogP contribution is 1.80. The highest BCUT2D eigenvalue weighted by Gasteiger charge is 1.86. The summed E-state index contributed by atoms with van der Waals surface area (Å²) < 4.78 is 0. The highest BCUT2D eigenvalue weighted by atomic mass is 16.4. The zero-order valence-electron chi connectivity index (χ0n) is 7.00. The Balaban J connectivity index is 3.88. The van der Waals surface area contributed by atoms with Crippen molar-refractivity contribution in [2.75, 3.05) is 0 Å². The third kappa shape index (κ3) is 9.85. The molecule has 0 heterocycles. The van der Waals surface area contributed by atoms with Crippen LogP contribution in [0.15, 0.2) is 30.5 Å². The Kier molecular flexibility index (Phi) is 6.64. The van der Waals surface area contributed by atoms with Gasteiger partial charge in [-0.15, -0.1) is 5.73 Å². The van der Waals surface area contributed by atoms with Crippen LogP contribution in [0, 0.1) is 23.7 Å². The molecule has 0 aliphatic rings. The van der Waals surface area contributed by atoms with E-state index in [2.05, 4.69) is 36.0 Å². The van der Waals surface area contributed by atoms with E-state index in [9.17, 15) is 4.79 Å². The van der Waals surface area contributed by atoms with Gasteiger partial charge < -0.3 is 5.11 Å². The molecule has 0 atom stereocenters. The number of rotatable bonds is 2. The smallest absolute Gasteiger partial charge is 0.307 e. The predicted octanol–water partition coefficient (Wildman–Crippen LogP) is 1.37. The SMILES string of the molecule is C=C=CC#CC#C/C=C/CC(=O)O. The van der Waals surface area contributed by atoms with E-state index < -0.39 is 5.97 Å². The van der Waals surface area contributed by atoms with Gasteiger partial charge in [0.15, 0.2) is 0 Å². The molecule has 0 aromatic rings. The van der Waals surface area contributed by atoms with E-state index in [0.29, 0.717) is 0 Å². The average Bonchev–Trinajstić information content (AvgIpc) is 2.09. The third-order valence-electron chi connectivity index (χ3n) is 0.875. The maximum Gasteiger partial charge on any atom is 0.307 e. The number of carboxylic acids is 1. The quantitative estimate of drug-likeness (QED) is 0.504. The Morgan fingerprint density at radius 3 is 2.69 bits per heavy atom. The number of carboxylic acid groups (broad SMARTS) is 1. The third-order valence-corrected chi connectivity index (χ3v) is 0.875. The van der Waals surface area contributed by atoms with E-state index in [1.54, 1.807) is 0 Å². The molecule has 0 aromatic heterocycles. The van der Waals surface area contributed by atoms with Crippen LogP contribution in [-0.4, -0.2) is 11.1 Å². The molecule has 0 aliphatic carbocycles. The molecule has 0 fully saturated rings. The largest absolute Gasteiger partial charge is 0.481 e. The van der Waals surface area contributed by atoms with Gasteiger partial charge in [-0.1, -0.05) is 24.5 Å². The molecular formula is C11H8O2. The van der Waals surface area contributed by atoms with Gasteiger partial charge in [-0.25, -0.2) is 0 Å². The minimum absolute atomic E-state index is 0.0192. The summed E-state index contributed by atoms with van der Waals surface area (Å²) in [5, 5.41) is 8.24. The summed E-state index contributed by atoms with van der Waals surface area (Å²) in [6.45, 7) is 3.32. The molecular weight excluding hydrogens is 164 g/mol. The molecule has 0 amide bonds. The lowest BCUT2D eigenvalue weighted by molar-refractivity contribution is -0.135. The van der Waals surface area contributed by atoms with E-state index in [0.717, 1.165) is 0 Å². The molecule has 0 aromatic carbocycles. The lowest BCUT2D eigenvalue weighted by atomic mass is 10.4. The average molecular weight is 172 g/mol. The van der Waals surface area contributed by atoms with Crippen LogP contribution in [0.25, 0.3) is 0 Å². The highest BCUT2D eigenvalue weighted by molar-refractivity contribution is 5.68. The molecule has 0 aliphatic heterocycles. The predicted molar refractivity (Wildman–Crippen MR) is 50.7 cm³/mol. The molecule has 0 bridgehead atoms. The summed E-state index contributed by atoms with van der Waals surface area (Å²) in [4.78, 5) is 10.0. The molecule has 2 nitrogen and oxygen atoms in total. The van der Waals surface area contributed by atoms with E-state index in [-0.39, 0.29) is 6.42 Å². The van der Waals surface area contributed by atoms with Gasteiger partial charge in [0.1, 0.15) is 0 Å². The number of carbonyl (C=O) groups is 1. The first-order chi connectivity index (χ1) is 6.27. The van der Waals surface area contributed by atoms with Gasteiger partial charge >= 0.3 is 5.97 Å². The first-order valence-electron chi connectivity index (χ1n) is 3.49. The van der Waals surface area contributed by atoms with Crippen molar-refractivity contribution >= 4 is 5.97 Å². The standard InChI is InChI=1S/C11H8O2/c1-2-3-4-5-6-7-8-9-10-11(12)13/h3,8-9H,1,10H2,(H,12,13)/b9-8+. The molecule has 0 saturated carbocycles. The fraction of sp³-hybridized carbons (Fsp3) is 0.0909. The van der Waals surface area contributed by atoms with Gasteiger partial charge in [0, 0.05) is 6.08 Å². The van der Waals surface area contributed by atoms with Gasteiger partial charge in [0.05, 0.1) is 6.42 Å². The molecule has 0 spiro atoms. The number of allylic oxidation sites excluding steroid dienone is 2. The Morgan fingerprint density at radius 2 is 2.08 bits per heavy atom. The molecule has 1 N–H and O–H groups in total. The zero-order chi connectivity index (χ0) is 9.94. The van der Waals surface area contributed by atoms with E-state index >= 15 is 0 Å². The summed E-state index contributed by atoms with van der Waals surface area (Å²) in [5.74, 6) is 9.26. The second-order valence-corrected chi connectivity index (χ2v) is 1.89. The van der Waals surface area contributed by atoms with Gasteiger partial charge in [0.2, 0.25) is 0 Å². The lowest BCUT2D eigenvalue weighted by Crippen LogP contribution is -1.89. The minimum atomic E-state index is -0.876. The van der Waals surface area contributed by atoms with Crippen LogP contribution in [0.3, 0.4) is 0 Å². The summed E-state index contributed by atoms with van der Waals surface area (Å²) in [6.07, 6.45) is 4.35. The first-order valence-corrected chi connectivity index (χ1v) is 3.49. The summed E-state index contributed by atoms with van der Waals surface area (Å²) in [5.41, 5.74) is 2.47. The number of hydrogen-bond donors (Lipinski definition) is 1. The Morgan fingerprint density at radius 1 is 1.38 bits per heavy atom. The molecule has 0 unspecified atom stereocenters. The normalized spacial score (nSPS) is 7.38. The van der Waals surface area contributed by atoms with Crippen molar-refractivity contribution in [1.82, 2.24) is 0 Å². The summed E-state index contributed by atoms with van der Waals surface area (Å²) in [7, 11) is 0. The molecule has 0 rings (SSSR count). The second-order valence-electron chi connectivity index (χ2n) is 1.89. The van der Waals surface area contributed by atoms with Crippen molar-refractivity contribution < 1.29 is 9.90 Å². The zero-order valence-corrected chi connectivity index (χ0v) is 7.00. The van der Waals surface area contributed by atoms with Gasteiger partial charge in [-0.2, -0.15) is 0 Å². The molecule has 0 saturated heterocycles.